The van der Waals surface area contributed by atoms with Gasteiger partial charge in [0.05, 0.1) is 16.6 Å². The number of amides is 1. The van der Waals surface area contributed by atoms with E-state index in [2.05, 4.69) is 5.32 Å². The molecule has 1 amide bonds. The molecule has 0 unspecified atom stereocenters. The lowest BCUT2D eigenvalue weighted by Gasteiger charge is -2.21. The molecule has 0 bridgehead atoms. The minimum Gasteiger partial charge on any atom is -0.480 e. The van der Waals surface area contributed by atoms with Crippen molar-refractivity contribution < 1.29 is 36.6 Å². The zero-order valence-corrected chi connectivity index (χ0v) is 24.2. The molecule has 1 heterocycles. The quantitative estimate of drug-likeness (QED) is 0.213. The van der Waals surface area contributed by atoms with Gasteiger partial charge < -0.3 is 19.9 Å². The van der Waals surface area contributed by atoms with E-state index in [4.69, 9.17) is 0 Å². The van der Waals surface area contributed by atoms with E-state index in [9.17, 15) is 41.4 Å². The van der Waals surface area contributed by atoms with Crippen LogP contribution in [0.5, 0.6) is 0 Å². The standard InChI is InChI=1S/C33H26F5N3O4/c1-40(2)18-13-14-22-26(16-18)41(3)31(43)27(29(22)33(36,37)38)21-10-5-8-19-17(7-4-9-20(19)21)15-25(32(44)45)39-30(42)28-23(34)11-6-12-24(28)35/h4-14,16,25H,15H2,1-3H3,(H,39,42)(H,44,45)/t25-/m0/s1. The van der Waals surface area contributed by atoms with E-state index in [1.165, 1.54) is 55.6 Å². The van der Waals surface area contributed by atoms with Crippen molar-refractivity contribution in [3.63, 3.8) is 0 Å². The fourth-order valence-corrected chi connectivity index (χ4v) is 5.49. The lowest BCUT2D eigenvalue weighted by molar-refractivity contribution is -0.139. The van der Waals surface area contributed by atoms with Crippen LogP contribution in [0.2, 0.25) is 0 Å². The number of fused-ring (bicyclic) bond motifs is 2. The lowest BCUT2D eigenvalue weighted by Crippen LogP contribution is -2.43. The van der Waals surface area contributed by atoms with E-state index < -0.39 is 58.0 Å². The summed E-state index contributed by atoms with van der Waals surface area (Å²) in [4.78, 5) is 40.2. The predicted octanol–water partition coefficient (Wildman–Crippen LogP) is 6.15. The number of hydrogen-bond donors (Lipinski definition) is 2. The molecule has 7 nitrogen and oxygen atoms in total. The summed E-state index contributed by atoms with van der Waals surface area (Å²) in [6.45, 7) is 0. The Morgan fingerprint density at radius 3 is 2.16 bits per heavy atom. The largest absolute Gasteiger partial charge is 0.480 e. The number of benzene rings is 4. The van der Waals surface area contributed by atoms with Gasteiger partial charge in [-0.05, 0) is 46.2 Å². The highest BCUT2D eigenvalue weighted by atomic mass is 19.4. The summed E-state index contributed by atoms with van der Waals surface area (Å²) in [5.41, 5.74) is -2.54. The summed E-state index contributed by atoms with van der Waals surface area (Å²) in [6, 6.07) is 14.4. The third-order valence-electron chi connectivity index (χ3n) is 7.68. The van der Waals surface area contributed by atoms with Gasteiger partial charge in [-0.15, -0.1) is 0 Å². The summed E-state index contributed by atoms with van der Waals surface area (Å²) in [5.74, 6) is -5.15. The number of hydrogen-bond acceptors (Lipinski definition) is 4. The first-order valence-electron chi connectivity index (χ1n) is 13.6. The number of carbonyl (C=O) groups excluding carboxylic acids is 1. The number of pyridine rings is 1. The van der Waals surface area contributed by atoms with E-state index in [0.29, 0.717) is 16.6 Å². The SMILES string of the molecule is CN(C)c1ccc2c(C(F)(F)F)c(-c3cccc4c(C[C@H](NC(=O)c5c(F)cccc5F)C(=O)O)cccc34)c(=O)n(C)c2c1. The molecule has 2 N–H and O–H groups in total. The Hall–Kier alpha value is -5.26. The Balaban J connectivity index is 1.66. The van der Waals surface area contributed by atoms with Crippen LogP contribution in [0, 0.1) is 11.6 Å². The van der Waals surface area contributed by atoms with Crippen molar-refractivity contribution in [2.24, 2.45) is 7.05 Å². The molecule has 0 radical (unpaired) electrons. The molecule has 0 aliphatic rings. The summed E-state index contributed by atoms with van der Waals surface area (Å²) < 4.78 is 73.8. The molecular formula is C33H26F5N3O4. The summed E-state index contributed by atoms with van der Waals surface area (Å²) in [6.07, 6.45) is -5.30. The Bertz CT molecular complexity index is 2030. The first kappa shape index (κ1) is 31.2. The van der Waals surface area contributed by atoms with Gasteiger partial charge in [0.15, 0.2) is 0 Å². The highest BCUT2D eigenvalue weighted by molar-refractivity contribution is 6.02. The topological polar surface area (TPSA) is 91.6 Å². The summed E-state index contributed by atoms with van der Waals surface area (Å²) >= 11 is 0. The molecule has 232 valence electrons. The van der Waals surface area contributed by atoms with Crippen molar-refractivity contribution in [2.45, 2.75) is 18.6 Å². The normalized spacial score (nSPS) is 12.4. The van der Waals surface area contributed by atoms with Gasteiger partial charge in [-0.25, -0.2) is 13.6 Å². The second kappa shape index (κ2) is 11.7. The van der Waals surface area contributed by atoms with Crippen molar-refractivity contribution >= 4 is 39.2 Å². The molecular weight excluding hydrogens is 597 g/mol. The highest BCUT2D eigenvalue weighted by Crippen LogP contribution is 2.42. The Morgan fingerprint density at radius 1 is 0.911 bits per heavy atom. The van der Waals surface area contributed by atoms with Gasteiger partial charge >= 0.3 is 12.1 Å². The third kappa shape index (κ3) is 5.70. The number of alkyl halides is 3. The van der Waals surface area contributed by atoms with E-state index in [1.807, 2.05) is 0 Å². The molecule has 5 aromatic rings. The Labute approximate surface area is 253 Å². The number of carboxylic acids is 1. The van der Waals surface area contributed by atoms with Crippen molar-refractivity contribution in [1.29, 1.82) is 0 Å². The average molecular weight is 624 g/mol. The number of anilines is 1. The van der Waals surface area contributed by atoms with E-state index in [1.54, 1.807) is 25.1 Å². The number of nitrogens with one attached hydrogen (secondary N) is 1. The molecule has 0 saturated heterocycles. The number of rotatable bonds is 7. The zero-order chi connectivity index (χ0) is 32.8. The van der Waals surface area contributed by atoms with Crippen LogP contribution in [0.15, 0.2) is 77.6 Å². The fourth-order valence-electron chi connectivity index (χ4n) is 5.49. The summed E-state index contributed by atoms with van der Waals surface area (Å²) in [7, 11) is 4.85. The van der Waals surface area contributed by atoms with Crippen molar-refractivity contribution in [2.75, 3.05) is 19.0 Å². The number of aryl methyl sites for hydroxylation is 1. The maximum absolute atomic E-state index is 14.8. The summed E-state index contributed by atoms with van der Waals surface area (Å²) in [5, 5.41) is 12.4. The van der Waals surface area contributed by atoms with Gasteiger partial charge in [-0.3, -0.25) is 9.59 Å². The number of carbonyl (C=O) groups is 2. The minimum atomic E-state index is -4.92. The van der Waals surface area contributed by atoms with Crippen LogP contribution in [0.1, 0.15) is 21.5 Å². The molecule has 5 rings (SSSR count). The number of halogens is 5. The molecule has 0 aliphatic carbocycles. The first-order valence-corrected chi connectivity index (χ1v) is 13.6. The third-order valence-corrected chi connectivity index (χ3v) is 7.68. The van der Waals surface area contributed by atoms with Crippen LogP contribution in [-0.2, 0) is 24.4 Å². The minimum absolute atomic E-state index is 0.0230. The monoisotopic (exact) mass is 623 g/mol. The van der Waals surface area contributed by atoms with Crippen LogP contribution in [0.4, 0.5) is 27.6 Å². The molecule has 4 aromatic carbocycles. The maximum Gasteiger partial charge on any atom is 0.417 e. The van der Waals surface area contributed by atoms with Crippen LogP contribution in [0.3, 0.4) is 0 Å². The van der Waals surface area contributed by atoms with Gasteiger partial charge in [-0.2, -0.15) is 13.2 Å². The van der Waals surface area contributed by atoms with Gasteiger partial charge in [0, 0.05) is 38.6 Å². The van der Waals surface area contributed by atoms with Gasteiger partial charge in [0.2, 0.25) is 0 Å². The van der Waals surface area contributed by atoms with E-state index in [0.717, 1.165) is 22.8 Å². The molecule has 1 aromatic heterocycles. The molecule has 0 fully saturated rings. The second-order valence-electron chi connectivity index (χ2n) is 10.7. The molecule has 0 spiro atoms. The van der Waals surface area contributed by atoms with Crippen LogP contribution in [-0.4, -0.2) is 41.7 Å². The molecule has 0 saturated carbocycles. The Morgan fingerprint density at radius 2 is 1.53 bits per heavy atom. The van der Waals surface area contributed by atoms with Crippen molar-refractivity contribution in [3.8, 4) is 11.1 Å². The molecule has 0 aliphatic heterocycles. The first-order chi connectivity index (χ1) is 21.2. The van der Waals surface area contributed by atoms with Crippen molar-refractivity contribution in [1.82, 2.24) is 9.88 Å². The highest BCUT2D eigenvalue weighted by Gasteiger charge is 2.38. The number of carboxylic acid groups (broad SMARTS) is 1. The van der Waals surface area contributed by atoms with Gasteiger partial charge in [0.1, 0.15) is 23.2 Å². The fraction of sp³-hybridized carbons (Fsp3) is 0.182. The number of aromatic nitrogens is 1. The van der Waals surface area contributed by atoms with Crippen LogP contribution < -0.4 is 15.8 Å². The maximum atomic E-state index is 14.8. The van der Waals surface area contributed by atoms with E-state index in [-0.39, 0.29) is 28.3 Å². The van der Waals surface area contributed by atoms with Gasteiger partial charge in [0.25, 0.3) is 11.5 Å². The smallest absolute Gasteiger partial charge is 0.417 e. The average Bonchev–Trinajstić information content (AvgIpc) is 2.97. The van der Waals surface area contributed by atoms with Crippen LogP contribution in [0.25, 0.3) is 32.8 Å². The Kier molecular flexibility index (Phi) is 8.09. The number of aliphatic carboxylic acids is 1. The van der Waals surface area contributed by atoms with E-state index >= 15 is 0 Å². The second-order valence-corrected chi connectivity index (χ2v) is 10.7. The molecule has 12 heteroatoms. The molecule has 45 heavy (non-hydrogen) atoms. The number of nitrogens with zero attached hydrogens (tertiary/aromatic N) is 2. The zero-order valence-electron chi connectivity index (χ0n) is 24.2. The predicted molar refractivity (Wildman–Crippen MR) is 160 cm³/mol. The van der Waals surface area contributed by atoms with Gasteiger partial charge in [-0.1, -0.05) is 48.5 Å². The van der Waals surface area contributed by atoms with Crippen LogP contribution >= 0.6 is 0 Å². The lowest BCUT2D eigenvalue weighted by atomic mass is 9.90. The molecule has 1 atom stereocenters. The van der Waals surface area contributed by atoms with Crippen molar-refractivity contribution in [3.05, 3.63) is 111 Å².